The van der Waals surface area contributed by atoms with Crippen LogP contribution in [-0.2, 0) is 30.5 Å². The molecule has 3 aliphatic carbocycles. The predicted octanol–water partition coefficient (Wildman–Crippen LogP) is 4.48. The molecule has 3 saturated carbocycles. The van der Waals surface area contributed by atoms with Crippen molar-refractivity contribution >= 4 is 29.7 Å². The number of aliphatic hydroxyl groups is 1. The molecular weight excluding hydrogens is 662 g/mol. The quantitative estimate of drug-likeness (QED) is 0.189. The number of hydrogen-bond acceptors (Lipinski definition) is 7. The average Bonchev–Trinajstić information content (AvgIpc) is 3.86. The van der Waals surface area contributed by atoms with Crippen molar-refractivity contribution in [3.05, 3.63) is 35.9 Å². The smallest absolute Gasteiger partial charge is 0.408 e. The molecule has 1 heterocycles. The van der Waals surface area contributed by atoms with Crippen LogP contribution in [0.5, 0.6) is 0 Å². The van der Waals surface area contributed by atoms with E-state index in [-0.39, 0.29) is 42.3 Å². The van der Waals surface area contributed by atoms with E-state index in [0.29, 0.717) is 19.3 Å². The fourth-order valence-electron chi connectivity index (χ4n) is 8.39. The molecule has 1 aromatic carbocycles. The van der Waals surface area contributed by atoms with Crippen molar-refractivity contribution in [1.29, 1.82) is 0 Å². The second-order valence-electron chi connectivity index (χ2n) is 16.6. The summed E-state index contributed by atoms with van der Waals surface area (Å²) >= 11 is 0. The molecule has 5 amide bonds. The first-order valence-corrected chi connectivity index (χ1v) is 19.8. The van der Waals surface area contributed by atoms with Gasteiger partial charge in [0.2, 0.25) is 17.7 Å². The third kappa shape index (κ3) is 10.3. The number of likely N-dealkylation sites (tertiary alicyclic amines) is 1. The maximum Gasteiger partial charge on any atom is 0.408 e. The number of benzene rings is 1. The van der Waals surface area contributed by atoms with Gasteiger partial charge in [0.05, 0.1) is 6.04 Å². The molecule has 5 N–H and O–H groups in total. The fourth-order valence-corrected chi connectivity index (χ4v) is 8.39. The highest BCUT2D eigenvalue weighted by Crippen LogP contribution is 2.41. The number of carbonyl (C=O) groups excluding carboxylic acids is 5. The first-order valence-electron chi connectivity index (χ1n) is 19.8. The Morgan fingerprint density at radius 3 is 2.19 bits per heavy atom. The fraction of sp³-hybridized carbons (Fsp3) is 0.725. The van der Waals surface area contributed by atoms with Crippen molar-refractivity contribution in [3.8, 4) is 0 Å². The lowest BCUT2D eigenvalue weighted by Crippen LogP contribution is -2.63. The van der Waals surface area contributed by atoms with Gasteiger partial charge in [-0.05, 0) is 74.2 Å². The summed E-state index contributed by atoms with van der Waals surface area (Å²) < 4.78 is 5.51. The molecule has 0 bridgehead atoms. The number of alkyl carbamates (subject to hydrolysis) is 1. The molecule has 1 aliphatic heterocycles. The minimum absolute atomic E-state index is 0.0665. The summed E-state index contributed by atoms with van der Waals surface area (Å²) in [5.74, 6) is -1.63. The van der Waals surface area contributed by atoms with Gasteiger partial charge < -0.3 is 36.0 Å². The Kier molecular flexibility index (Phi) is 13.6. The van der Waals surface area contributed by atoms with Crippen LogP contribution < -0.4 is 21.3 Å². The molecule has 0 radical (unpaired) electrons. The Hall–Kier alpha value is -3.67. The molecule has 4 aliphatic rings. The van der Waals surface area contributed by atoms with Gasteiger partial charge in [0.25, 0.3) is 5.91 Å². The highest BCUT2D eigenvalue weighted by Gasteiger charge is 2.51. The Morgan fingerprint density at radius 1 is 0.865 bits per heavy atom. The number of rotatable bonds is 14. The standard InChI is InChI=1S/C40H61N5O7/c1-5-14-29(33(46)37(49)41-28-21-22-28)42-35(47)31-23-27-19-12-13-20-30(27)45(31)38(50)34(40(2,3)4)44-36(48)32(26-17-10-7-11-18-26)43-39(51)52-24-25-15-8-6-9-16-25/h6,8-9,15-16,26-34,46H,5,7,10-14,17-24H2,1-4H3,(H,41,49)(H,42,47)(H,43,51)(H,44,48)/t27-,29-,30-,31-,32-,33?,34?/m0/s1. The van der Waals surface area contributed by atoms with Crippen LogP contribution in [0.4, 0.5) is 4.79 Å². The second-order valence-corrected chi connectivity index (χ2v) is 16.6. The van der Waals surface area contributed by atoms with Crippen LogP contribution in [0.1, 0.15) is 123 Å². The van der Waals surface area contributed by atoms with E-state index in [4.69, 9.17) is 4.74 Å². The first kappa shape index (κ1) is 39.5. The highest BCUT2D eigenvalue weighted by atomic mass is 16.5. The summed E-state index contributed by atoms with van der Waals surface area (Å²) in [6.07, 6.45) is 9.31. The Balaban J connectivity index is 1.34. The molecule has 0 spiro atoms. The van der Waals surface area contributed by atoms with Crippen LogP contribution in [0, 0.1) is 17.3 Å². The molecule has 7 atom stereocenters. The van der Waals surface area contributed by atoms with Gasteiger partial charge in [-0.3, -0.25) is 19.2 Å². The number of fused-ring (bicyclic) bond motifs is 1. The second kappa shape index (κ2) is 17.9. The van der Waals surface area contributed by atoms with Crippen molar-refractivity contribution in [2.24, 2.45) is 17.3 Å². The van der Waals surface area contributed by atoms with E-state index in [1.165, 1.54) is 0 Å². The summed E-state index contributed by atoms with van der Waals surface area (Å²) in [6.45, 7) is 7.67. The third-order valence-corrected chi connectivity index (χ3v) is 11.4. The Morgan fingerprint density at radius 2 is 1.54 bits per heavy atom. The molecule has 288 valence electrons. The van der Waals surface area contributed by atoms with Crippen LogP contribution in [-0.4, -0.2) is 82.1 Å². The zero-order valence-electron chi connectivity index (χ0n) is 31.5. The van der Waals surface area contributed by atoms with Gasteiger partial charge in [0, 0.05) is 12.1 Å². The lowest BCUT2D eigenvalue weighted by atomic mass is 9.81. The maximum atomic E-state index is 14.9. The monoisotopic (exact) mass is 723 g/mol. The number of carbonyl (C=O) groups is 5. The number of hydrogen-bond donors (Lipinski definition) is 5. The van der Waals surface area contributed by atoms with Crippen LogP contribution in [0.3, 0.4) is 0 Å². The van der Waals surface area contributed by atoms with E-state index in [2.05, 4.69) is 21.3 Å². The van der Waals surface area contributed by atoms with Gasteiger partial charge >= 0.3 is 6.09 Å². The SMILES string of the molecule is CCC[C@H](NC(=O)[C@@H]1C[C@@H]2CCCC[C@@H]2N1C(=O)C(NC(=O)[C@@H](NC(=O)OCc1ccccc1)C1CCCCC1)C(C)(C)C)C(O)C(=O)NC1CC1. The zero-order valence-corrected chi connectivity index (χ0v) is 31.5. The molecular formula is C40H61N5O7. The minimum Gasteiger partial charge on any atom is -0.445 e. The van der Waals surface area contributed by atoms with Gasteiger partial charge in [0.1, 0.15) is 24.7 Å². The summed E-state index contributed by atoms with van der Waals surface area (Å²) in [6, 6.07) is 5.78. The summed E-state index contributed by atoms with van der Waals surface area (Å²) in [4.78, 5) is 70.8. The number of aliphatic hydroxyl groups excluding tert-OH is 1. The van der Waals surface area contributed by atoms with Gasteiger partial charge in [-0.1, -0.05) is 96.6 Å². The van der Waals surface area contributed by atoms with E-state index < -0.39 is 53.6 Å². The zero-order chi connectivity index (χ0) is 37.4. The molecule has 1 aromatic rings. The van der Waals surface area contributed by atoms with Crippen molar-refractivity contribution in [2.45, 2.75) is 167 Å². The summed E-state index contributed by atoms with van der Waals surface area (Å²) in [5.41, 5.74) is 0.102. The van der Waals surface area contributed by atoms with Crippen LogP contribution >= 0.6 is 0 Å². The first-order chi connectivity index (χ1) is 24.9. The molecule has 1 saturated heterocycles. The molecule has 52 heavy (non-hydrogen) atoms. The molecule has 5 rings (SSSR count). The van der Waals surface area contributed by atoms with Gasteiger partial charge in [-0.25, -0.2) is 4.79 Å². The summed E-state index contributed by atoms with van der Waals surface area (Å²) in [5, 5.41) is 22.7. The average molecular weight is 724 g/mol. The molecule has 0 aromatic heterocycles. The van der Waals surface area contributed by atoms with Crippen molar-refractivity contribution in [3.63, 3.8) is 0 Å². The van der Waals surface area contributed by atoms with Gasteiger partial charge in [-0.15, -0.1) is 0 Å². The van der Waals surface area contributed by atoms with E-state index in [1.54, 1.807) is 4.90 Å². The van der Waals surface area contributed by atoms with Crippen LogP contribution in [0.15, 0.2) is 30.3 Å². The number of nitrogens with one attached hydrogen (secondary N) is 4. The lowest BCUT2D eigenvalue weighted by Gasteiger charge is -2.40. The van der Waals surface area contributed by atoms with E-state index in [9.17, 15) is 29.1 Å². The van der Waals surface area contributed by atoms with E-state index in [1.807, 2.05) is 58.0 Å². The maximum absolute atomic E-state index is 14.9. The van der Waals surface area contributed by atoms with E-state index >= 15 is 0 Å². The number of nitrogens with zero attached hydrogens (tertiary/aromatic N) is 1. The number of ether oxygens (including phenoxy) is 1. The van der Waals surface area contributed by atoms with Crippen molar-refractivity contribution < 1.29 is 33.8 Å². The predicted molar refractivity (Wildman–Crippen MR) is 197 cm³/mol. The summed E-state index contributed by atoms with van der Waals surface area (Å²) in [7, 11) is 0. The van der Waals surface area contributed by atoms with Crippen LogP contribution in [0.2, 0.25) is 0 Å². The lowest BCUT2D eigenvalue weighted by molar-refractivity contribution is -0.147. The van der Waals surface area contributed by atoms with Crippen molar-refractivity contribution in [1.82, 2.24) is 26.2 Å². The van der Waals surface area contributed by atoms with Crippen molar-refractivity contribution in [2.75, 3.05) is 0 Å². The van der Waals surface area contributed by atoms with Gasteiger partial charge in [0.15, 0.2) is 6.10 Å². The molecule has 12 heteroatoms. The topological polar surface area (TPSA) is 166 Å². The molecule has 2 unspecified atom stereocenters. The highest BCUT2D eigenvalue weighted by molar-refractivity contribution is 5.95. The minimum atomic E-state index is -1.40. The Bertz CT molecular complexity index is 1390. The van der Waals surface area contributed by atoms with Gasteiger partial charge in [-0.2, -0.15) is 0 Å². The third-order valence-electron chi connectivity index (χ3n) is 11.4. The largest absolute Gasteiger partial charge is 0.445 e. The van der Waals surface area contributed by atoms with Crippen LogP contribution in [0.25, 0.3) is 0 Å². The molecule has 4 fully saturated rings. The van der Waals surface area contributed by atoms with E-state index in [0.717, 1.165) is 76.2 Å². The normalized spacial score (nSPS) is 24.4. The number of amides is 5. The molecule has 12 nitrogen and oxygen atoms in total. The Labute approximate surface area is 308 Å².